The molecular weight excluding hydrogens is 354 g/mol. The average Bonchev–Trinajstić information content (AvgIpc) is 3.19. The number of thiophene rings is 1. The number of benzene rings is 2. The van der Waals surface area contributed by atoms with Gasteiger partial charge < -0.3 is 9.84 Å². The quantitative estimate of drug-likeness (QED) is 0.669. The minimum Gasteiger partial charge on any atom is -0.491 e. The lowest BCUT2D eigenvalue weighted by molar-refractivity contribution is 0.0522. The van der Waals surface area contributed by atoms with Gasteiger partial charge in [0.1, 0.15) is 18.5 Å². The second-order valence-electron chi connectivity index (χ2n) is 7.08. The average molecular weight is 380 g/mol. The smallest absolute Gasteiger partial charge is 0.119 e. The van der Waals surface area contributed by atoms with Gasteiger partial charge in [-0.1, -0.05) is 42.5 Å². The van der Waals surface area contributed by atoms with E-state index in [9.17, 15) is 5.11 Å². The molecule has 140 valence electrons. The van der Waals surface area contributed by atoms with Crippen LogP contribution in [0.2, 0.25) is 0 Å². The lowest BCUT2D eigenvalue weighted by Crippen LogP contribution is -2.40. The van der Waals surface area contributed by atoms with E-state index in [-0.39, 0.29) is 0 Å². The molecule has 0 bridgehead atoms. The maximum atomic E-state index is 10.4. The van der Waals surface area contributed by atoms with Crippen LogP contribution in [0.25, 0.3) is 11.1 Å². The normalized spacial score (nSPS) is 18.1. The zero-order valence-corrected chi connectivity index (χ0v) is 16.4. The van der Waals surface area contributed by atoms with E-state index in [0.29, 0.717) is 19.2 Å². The van der Waals surface area contributed by atoms with E-state index in [4.69, 9.17) is 4.74 Å². The summed E-state index contributed by atoms with van der Waals surface area (Å²) in [5.41, 5.74) is 3.77. The number of hydrogen-bond acceptors (Lipinski definition) is 4. The van der Waals surface area contributed by atoms with E-state index < -0.39 is 6.10 Å². The molecule has 0 aliphatic carbocycles. The number of ether oxygens (including phenoxy) is 1. The molecule has 0 amide bonds. The Morgan fingerprint density at radius 3 is 2.59 bits per heavy atom. The molecule has 0 unspecified atom stereocenters. The van der Waals surface area contributed by atoms with Gasteiger partial charge in [-0.15, -0.1) is 11.3 Å². The van der Waals surface area contributed by atoms with E-state index in [0.717, 1.165) is 24.3 Å². The van der Waals surface area contributed by atoms with Crippen molar-refractivity contribution in [3.8, 4) is 16.9 Å². The predicted molar refractivity (Wildman–Crippen MR) is 111 cm³/mol. The lowest BCUT2D eigenvalue weighted by atomic mass is 10.0. The number of hydrogen-bond donors (Lipinski definition) is 1. The zero-order valence-electron chi connectivity index (χ0n) is 15.5. The number of aliphatic hydroxyl groups is 1. The first-order valence-corrected chi connectivity index (χ1v) is 10.4. The van der Waals surface area contributed by atoms with Crippen molar-refractivity contribution in [3.05, 3.63) is 76.5 Å². The maximum Gasteiger partial charge on any atom is 0.119 e. The highest BCUT2D eigenvalue weighted by molar-refractivity contribution is 7.10. The largest absolute Gasteiger partial charge is 0.491 e. The van der Waals surface area contributed by atoms with Gasteiger partial charge in [-0.3, -0.25) is 4.90 Å². The fourth-order valence-corrected chi connectivity index (χ4v) is 4.66. The van der Waals surface area contributed by atoms with Crippen molar-refractivity contribution in [2.45, 2.75) is 25.5 Å². The summed E-state index contributed by atoms with van der Waals surface area (Å²) in [6, 6.07) is 20.9. The number of fused-ring (bicyclic) bond motifs is 1. The van der Waals surface area contributed by atoms with E-state index in [2.05, 4.69) is 47.5 Å². The molecule has 3 aromatic rings. The Morgan fingerprint density at radius 1 is 1.07 bits per heavy atom. The lowest BCUT2D eigenvalue weighted by Gasteiger charge is -2.34. The van der Waals surface area contributed by atoms with E-state index in [1.807, 2.05) is 41.7 Å². The molecule has 4 heteroatoms. The first kappa shape index (κ1) is 18.2. The minimum atomic E-state index is -0.499. The molecule has 1 N–H and O–H groups in total. The second-order valence-corrected chi connectivity index (χ2v) is 8.08. The summed E-state index contributed by atoms with van der Waals surface area (Å²) in [4.78, 5) is 3.84. The van der Waals surface area contributed by atoms with Gasteiger partial charge in [0.05, 0.1) is 0 Å². The van der Waals surface area contributed by atoms with Crippen molar-refractivity contribution < 1.29 is 9.84 Å². The molecule has 4 rings (SSSR count). The third-order valence-electron chi connectivity index (χ3n) is 5.25. The standard InChI is InChI=1S/C23H25NO2S/c1-17-22-12-14-27-23(22)11-13-24(17)15-20(25)16-26-21-9-7-19(8-10-21)18-5-3-2-4-6-18/h2-10,12,14,17,20,25H,11,13,15-16H2,1H3/t17-,20-/m1/s1. The van der Waals surface area contributed by atoms with Gasteiger partial charge >= 0.3 is 0 Å². The molecule has 2 aromatic carbocycles. The first-order chi connectivity index (χ1) is 13.2. The third-order valence-corrected chi connectivity index (χ3v) is 6.25. The van der Waals surface area contributed by atoms with E-state index in [1.54, 1.807) is 0 Å². The summed E-state index contributed by atoms with van der Waals surface area (Å²) < 4.78 is 5.82. The SMILES string of the molecule is C[C@@H]1c2ccsc2CCN1C[C@@H](O)COc1ccc(-c2ccccc2)cc1. The van der Waals surface area contributed by atoms with Crippen molar-refractivity contribution in [1.29, 1.82) is 0 Å². The Bertz CT molecular complexity index is 860. The van der Waals surface area contributed by atoms with Gasteiger partial charge in [0, 0.05) is 24.0 Å². The molecule has 1 aromatic heterocycles. The van der Waals surface area contributed by atoms with Crippen LogP contribution in [0.1, 0.15) is 23.4 Å². The van der Waals surface area contributed by atoms with E-state index in [1.165, 1.54) is 16.0 Å². The summed E-state index contributed by atoms with van der Waals surface area (Å²) >= 11 is 1.84. The Labute approximate surface area is 164 Å². The number of aliphatic hydroxyl groups excluding tert-OH is 1. The Balaban J connectivity index is 1.30. The van der Waals surface area contributed by atoms with Gasteiger partial charge in [0.15, 0.2) is 0 Å². The van der Waals surface area contributed by atoms with Gasteiger partial charge in [-0.25, -0.2) is 0 Å². The third kappa shape index (κ3) is 4.24. The highest BCUT2D eigenvalue weighted by Crippen LogP contribution is 2.32. The van der Waals surface area contributed by atoms with Crippen LogP contribution in [0, 0.1) is 0 Å². The summed E-state index contributed by atoms with van der Waals surface area (Å²) in [6.45, 7) is 4.17. The molecule has 0 saturated carbocycles. The Kier molecular flexibility index (Phi) is 5.58. The Hall–Kier alpha value is -2.14. The summed E-state index contributed by atoms with van der Waals surface area (Å²) in [5.74, 6) is 0.792. The van der Waals surface area contributed by atoms with Crippen LogP contribution in [0.5, 0.6) is 5.75 Å². The van der Waals surface area contributed by atoms with Crippen LogP contribution < -0.4 is 4.74 Å². The highest BCUT2D eigenvalue weighted by atomic mass is 32.1. The van der Waals surface area contributed by atoms with Gasteiger partial charge in [-0.2, -0.15) is 0 Å². The molecule has 1 aliphatic heterocycles. The van der Waals surface area contributed by atoms with Crippen molar-refractivity contribution in [1.82, 2.24) is 4.90 Å². The number of rotatable bonds is 6. The molecule has 0 radical (unpaired) electrons. The van der Waals surface area contributed by atoms with Crippen molar-refractivity contribution in [2.24, 2.45) is 0 Å². The maximum absolute atomic E-state index is 10.4. The summed E-state index contributed by atoms with van der Waals surface area (Å²) in [7, 11) is 0. The fraction of sp³-hybridized carbons (Fsp3) is 0.304. The first-order valence-electron chi connectivity index (χ1n) is 9.47. The number of nitrogens with zero attached hydrogens (tertiary/aromatic N) is 1. The summed E-state index contributed by atoms with van der Waals surface area (Å²) in [5, 5.41) is 12.6. The molecule has 0 fully saturated rings. The number of β-amino-alcohol motifs (C(OH)–C–C–N with tert-alkyl or cyclic N) is 1. The molecular formula is C23H25NO2S. The minimum absolute atomic E-state index is 0.310. The molecule has 0 spiro atoms. The van der Waals surface area contributed by atoms with Crippen LogP contribution in [0.4, 0.5) is 0 Å². The topological polar surface area (TPSA) is 32.7 Å². The highest BCUT2D eigenvalue weighted by Gasteiger charge is 2.26. The predicted octanol–water partition coefficient (Wildman–Crippen LogP) is 4.77. The van der Waals surface area contributed by atoms with Crippen molar-refractivity contribution in [2.75, 3.05) is 19.7 Å². The molecule has 2 heterocycles. The molecule has 3 nitrogen and oxygen atoms in total. The Morgan fingerprint density at radius 2 is 1.81 bits per heavy atom. The summed E-state index contributed by atoms with van der Waals surface area (Å²) in [6.07, 6.45) is 0.577. The van der Waals surface area contributed by atoms with Crippen molar-refractivity contribution in [3.63, 3.8) is 0 Å². The molecule has 27 heavy (non-hydrogen) atoms. The zero-order chi connectivity index (χ0) is 18.6. The van der Waals surface area contributed by atoms with Crippen LogP contribution in [0.15, 0.2) is 66.0 Å². The monoisotopic (exact) mass is 379 g/mol. The van der Waals surface area contributed by atoms with Gasteiger partial charge in [0.2, 0.25) is 0 Å². The van der Waals surface area contributed by atoms with Crippen LogP contribution in [-0.4, -0.2) is 35.8 Å². The van der Waals surface area contributed by atoms with Crippen LogP contribution >= 0.6 is 11.3 Å². The van der Waals surface area contributed by atoms with Gasteiger partial charge in [-0.05, 0) is 53.6 Å². The van der Waals surface area contributed by atoms with Gasteiger partial charge in [0.25, 0.3) is 0 Å². The molecule has 1 aliphatic rings. The van der Waals surface area contributed by atoms with Crippen molar-refractivity contribution >= 4 is 11.3 Å². The van der Waals surface area contributed by atoms with E-state index >= 15 is 0 Å². The van der Waals surface area contributed by atoms with Crippen LogP contribution in [0.3, 0.4) is 0 Å². The van der Waals surface area contributed by atoms with Crippen LogP contribution in [-0.2, 0) is 6.42 Å². The molecule has 0 saturated heterocycles. The fourth-order valence-electron chi connectivity index (χ4n) is 3.70. The second kappa shape index (κ2) is 8.26. The molecule has 2 atom stereocenters.